The molecule has 5 aromatic carbocycles. The number of methoxy groups -OCH3 is 2. The average Bonchev–Trinajstić information content (AvgIpc) is 4.04. The first kappa shape index (κ1) is 49.4. The van der Waals surface area contributed by atoms with Crippen molar-refractivity contribution in [3.05, 3.63) is 163 Å². The second-order valence-electron chi connectivity index (χ2n) is 17.5. The number of hydrogen-bond acceptors (Lipinski definition) is 14. The first-order valence-corrected chi connectivity index (χ1v) is 23.0. The molecule has 4 heterocycles. The van der Waals surface area contributed by atoms with Gasteiger partial charge in [0.05, 0.1) is 44.6 Å². The van der Waals surface area contributed by atoms with Gasteiger partial charge in [-0.25, -0.2) is 24.3 Å². The zero-order valence-corrected chi connectivity index (χ0v) is 39.9. The maximum Gasteiger partial charge on any atom is 0.425 e. The fourth-order valence-electron chi connectivity index (χ4n) is 9.23. The van der Waals surface area contributed by atoms with Gasteiger partial charge in [0.2, 0.25) is 11.9 Å². The standard InChI is InChI=1S/C52H51N9O12/c1-31(2)43(63)55-46-54-42-39(44(56-46)72-50(68)61(35-16-10-6-11-17-35)36-18-12-7-13-19-36)53-30-60(42)45-40-41(62)51(73-45,28-59(40)47(57-48(64)65)58-49(66)67)29-71-52(32-14-8-5-9-15-32,33-20-24-37(69-3)25-21-33)34-22-26-38(70-4)27-23-34/h5-27,30-31,40-41,45,47,57-58,62H,28-29H2,1-4H3,(H,64,65)(H,66,67)(H,54,55,56,63)/t40-,41+,45-,51-/m1/s1. The summed E-state index contributed by atoms with van der Waals surface area (Å²) in [6, 6.07) is 40.2. The Morgan fingerprint density at radius 1 is 0.767 bits per heavy atom. The van der Waals surface area contributed by atoms with E-state index < -0.39 is 72.6 Å². The molecule has 0 aliphatic carbocycles. The molecule has 2 aliphatic rings. The van der Waals surface area contributed by atoms with Crippen molar-refractivity contribution in [3.63, 3.8) is 0 Å². The van der Waals surface area contributed by atoms with Crippen molar-refractivity contribution in [1.82, 2.24) is 35.1 Å². The molecule has 9 rings (SSSR count). The van der Waals surface area contributed by atoms with E-state index in [2.05, 4.69) is 30.9 Å². The number of fused-ring (bicyclic) bond motifs is 3. The topological polar surface area (TPSA) is 261 Å². The molecule has 4 amide bonds. The number of aliphatic hydroxyl groups excluding tert-OH is 1. The molecular formula is C52H51N9O12. The Morgan fingerprint density at radius 2 is 1.29 bits per heavy atom. The van der Waals surface area contributed by atoms with Crippen LogP contribution < -0.4 is 35.1 Å². The van der Waals surface area contributed by atoms with E-state index in [4.69, 9.17) is 23.7 Å². The number of rotatable bonds is 17. The van der Waals surface area contributed by atoms with Gasteiger partial charge >= 0.3 is 18.3 Å². The summed E-state index contributed by atoms with van der Waals surface area (Å²) in [5, 5.41) is 39.9. The lowest BCUT2D eigenvalue weighted by atomic mass is 9.79. The second kappa shape index (κ2) is 20.6. The summed E-state index contributed by atoms with van der Waals surface area (Å²) in [5.41, 5.74) is -0.375. The predicted octanol–water partition coefficient (Wildman–Crippen LogP) is 6.92. The third-order valence-corrected chi connectivity index (χ3v) is 12.7. The summed E-state index contributed by atoms with van der Waals surface area (Å²) in [6.45, 7) is 2.65. The molecule has 0 saturated carbocycles. The first-order chi connectivity index (χ1) is 35.2. The minimum Gasteiger partial charge on any atom is -0.497 e. The van der Waals surface area contributed by atoms with Crippen LogP contribution in [0.25, 0.3) is 11.2 Å². The van der Waals surface area contributed by atoms with Gasteiger partial charge in [-0.1, -0.05) is 105 Å². The van der Waals surface area contributed by atoms with Crippen molar-refractivity contribution >= 4 is 52.7 Å². The number of morpholine rings is 1. The number of likely N-dealkylation sites (tertiary alicyclic amines) is 1. The minimum atomic E-state index is -1.76. The molecule has 0 unspecified atom stereocenters. The third-order valence-electron chi connectivity index (χ3n) is 12.7. The monoisotopic (exact) mass is 993 g/mol. The number of anilines is 3. The van der Waals surface area contributed by atoms with E-state index in [0.717, 1.165) is 0 Å². The van der Waals surface area contributed by atoms with Crippen LogP contribution in [0.5, 0.6) is 17.4 Å². The predicted molar refractivity (Wildman–Crippen MR) is 264 cm³/mol. The maximum absolute atomic E-state index is 14.4. The molecule has 6 N–H and O–H groups in total. The zero-order chi connectivity index (χ0) is 51.4. The molecule has 0 spiro atoms. The molecule has 21 heteroatoms. The number of nitrogens with zero attached hydrogens (tertiary/aromatic N) is 6. The number of para-hydroxylation sites is 2. The molecule has 2 aromatic heterocycles. The van der Waals surface area contributed by atoms with E-state index in [-0.39, 0.29) is 29.5 Å². The van der Waals surface area contributed by atoms with Crippen LogP contribution in [0.4, 0.5) is 31.7 Å². The largest absolute Gasteiger partial charge is 0.497 e. The zero-order valence-electron chi connectivity index (χ0n) is 39.9. The maximum atomic E-state index is 14.4. The summed E-state index contributed by atoms with van der Waals surface area (Å²) in [5.74, 6) is -0.458. The molecule has 2 saturated heterocycles. The fourth-order valence-corrected chi connectivity index (χ4v) is 9.23. The van der Waals surface area contributed by atoms with E-state index in [1.54, 1.807) is 113 Å². The van der Waals surface area contributed by atoms with E-state index in [9.17, 15) is 34.5 Å². The van der Waals surface area contributed by atoms with Gasteiger partial charge in [-0.05, 0) is 65.2 Å². The van der Waals surface area contributed by atoms with Crippen molar-refractivity contribution in [2.45, 2.75) is 49.7 Å². The van der Waals surface area contributed by atoms with Crippen molar-refractivity contribution in [2.75, 3.05) is 37.6 Å². The Balaban J connectivity index is 1.17. The second-order valence-corrected chi connectivity index (χ2v) is 17.5. The van der Waals surface area contributed by atoms with Gasteiger partial charge < -0.3 is 39.0 Å². The number of ether oxygens (including phenoxy) is 5. The van der Waals surface area contributed by atoms with Crippen LogP contribution in [0.15, 0.2) is 146 Å². The average molecular weight is 994 g/mol. The van der Waals surface area contributed by atoms with Crippen molar-refractivity contribution in [3.8, 4) is 17.4 Å². The number of carbonyl (C=O) groups is 4. The quantitative estimate of drug-likeness (QED) is 0.0400. The molecule has 0 radical (unpaired) electrons. The lowest BCUT2D eigenvalue weighted by molar-refractivity contribution is -0.182. The lowest BCUT2D eigenvalue weighted by Crippen LogP contribution is -2.63. The molecule has 376 valence electrons. The van der Waals surface area contributed by atoms with Crippen LogP contribution in [0.3, 0.4) is 0 Å². The smallest absolute Gasteiger partial charge is 0.425 e. The van der Waals surface area contributed by atoms with Crippen LogP contribution in [-0.2, 0) is 19.9 Å². The molecule has 2 bridgehead atoms. The summed E-state index contributed by atoms with van der Waals surface area (Å²) < 4.78 is 32.7. The van der Waals surface area contributed by atoms with Crippen molar-refractivity contribution in [2.24, 2.45) is 5.92 Å². The highest BCUT2D eigenvalue weighted by molar-refractivity contribution is 5.98. The summed E-state index contributed by atoms with van der Waals surface area (Å²) in [7, 11) is 3.11. The van der Waals surface area contributed by atoms with Crippen LogP contribution in [0.2, 0.25) is 0 Å². The third kappa shape index (κ3) is 9.64. The summed E-state index contributed by atoms with van der Waals surface area (Å²) in [6.07, 6.45) is -7.26. The number of aliphatic hydroxyl groups is 1. The minimum absolute atomic E-state index is 0.0485. The Labute approximate surface area is 417 Å². The lowest BCUT2D eigenvalue weighted by Gasteiger charge is -2.42. The number of nitrogens with one attached hydrogen (secondary N) is 3. The van der Waals surface area contributed by atoms with Gasteiger partial charge in [0.25, 0.3) is 5.88 Å². The number of aromatic nitrogens is 4. The number of benzene rings is 5. The number of carboxylic acid groups (broad SMARTS) is 2. The van der Waals surface area contributed by atoms with Gasteiger partial charge in [0.1, 0.15) is 28.8 Å². The van der Waals surface area contributed by atoms with Crippen molar-refractivity contribution < 1.29 is 58.2 Å². The molecule has 21 nitrogen and oxygen atoms in total. The molecule has 2 aliphatic heterocycles. The SMILES string of the molecule is COc1ccc(C(OC[C@@]23CN(C(NC(=O)O)NC(=O)O)[C@@H]([C@H](n4cnc5c(OC(=O)N(c6ccccc6)c6ccccc6)nc(NC(=O)C(C)C)nc54)O2)[C@@H]3O)(c2ccccc2)c2ccc(OC)cc2)cc1. The molecule has 2 fully saturated rings. The Bertz CT molecular complexity index is 2990. The Morgan fingerprint density at radius 3 is 1.79 bits per heavy atom. The highest BCUT2D eigenvalue weighted by atomic mass is 16.6. The summed E-state index contributed by atoms with van der Waals surface area (Å²) in [4.78, 5) is 68.7. The van der Waals surface area contributed by atoms with E-state index in [1.165, 1.54) is 20.7 Å². The van der Waals surface area contributed by atoms with Gasteiger partial charge in [-0.2, -0.15) is 9.97 Å². The Kier molecular flexibility index (Phi) is 13.9. The van der Waals surface area contributed by atoms with Gasteiger partial charge in [0, 0.05) is 12.5 Å². The van der Waals surface area contributed by atoms with Crippen LogP contribution in [0.1, 0.15) is 36.8 Å². The normalized spacial score (nSPS) is 18.4. The molecule has 4 atom stereocenters. The number of amides is 4. The van der Waals surface area contributed by atoms with E-state index >= 15 is 0 Å². The fraction of sp³-hybridized carbons (Fsp3) is 0.250. The molecular weight excluding hydrogens is 943 g/mol. The Hall–Kier alpha value is -8.63. The van der Waals surface area contributed by atoms with Crippen LogP contribution in [0, 0.1) is 5.92 Å². The van der Waals surface area contributed by atoms with E-state index in [0.29, 0.717) is 39.6 Å². The van der Waals surface area contributed by atoms with Crippen LogP contribution in [-0.4, -0.2) is 115 Å². The first-order valence-electron chi connectivity index (χ1n) is 23.0. The molecule has 7 aromatic rings. The van der Waals surface area contributed by atoms with Gasteiger partial charge in [-0.3, -0.25) is 30.2 Å². The number of carbonyl (C=O) groups excluding carboxylic acids is 2. The van der Waals surface area contributed by atoms with Crippen molar-refractivity contribution in [1.29, 1.82) is 0 Å². The van der Waals surface area contributed by atoms with Gasteiger partial charge in [-0.15, -0.1) is 0 Å². The van der Waals surface area contributed by atoms with Crippen LogP contribution >= 0.6 is 0 Å². The highest BCUT2D eigenvalue weighted by Crippen LogP contribution is 2.51. The number of hydrogen-bond donors (Lipinski definition) is 6. The van der Waals surface area contributed by atoms with E-state index in [1.807, 2.05) is 54.6 Å². The number of imidazole rings is 1. The highest BCUT2D eigenvalue weighted by Gasteiger charge is 2.66. The summed E-state index contributed by atoms with van der Waals surface area (Å²) >= 11 is 0. The molecule has 73 heavy (non-hydrogen) atoms. The van der Waals surface area contributed by atoms with Gasteiger partial charge in [0.15, 0.2) is 23.7 Å².